The molecule has 4 nitrogen and oxygen atoms in total. The molecule has 1 aliphatic heterocycles. The quantitative estimate of drug-likeness (QED) is 0.160. The van der Waals surface area contributed by atoms with Crippen molar-refractivity contribution < 1.29 is 4.42 Å². The minimum atomic E-state index is -0.705. The Morgan fingerprint density at radius 2 is 0.831 bits per heavy atom. The average molecular weight is 832 g/mol. The van der Waals surface area contributed by atoms with E-state index in [9.17, 15) is 0 Å². The SMILES string of the molecule is c1ccc(N(c2ccccc2)c2ccc3c(c2)C2(c4ccccc4-c4ccccc42)c2cc4c(cc2N3c2ccccc2)oc2cccc(N(c3ccccc3)c3ccccc3)c24)cc1. The van der Waals surface area contributed by atoms with Crippen LogP contribution in [-0.4, -0.2) is 0 Å². The first kappa shape index (κ1) is 37.0. The van der Waals surface area contributed by atoms with Crippen LogP contribution < -0.4 is 14.7 Å². The molecule has 10 aromatic carbocycles. The van der Waals surface area contributed by atoms with Gasteiger partial charge >= 0.3 is 0 Å². The number of para-hydroxylation sites is 5. The Morgan fingerprint density at radius 1 is 0.338 bits per heavy atom. The van der Waals surface area contributed by atoms with Crippen molar-refractivity contribution in [3.05, 3.63) is 271 Å². The van der Waals surface area contributed by atoms with Gasteiger partial charge in [-0.15, -0.1) is 0 Å². The van der Waals surface area contributed by atoms with Crippen molar-refractivity contribution in [2.75, 3.05) is 14.7 Å². The highest BCUT2D eigenvalue weighted by molar-refractivity contribution is 6.15. The maximum absolute atomic E-state index is 7.03. The minimum Gasteiger partial charge on any atom is -0.456 e. The lowest BCUT2D eigenvalue weighted by Gasteiger charge is -2.45. The fourth-order valence-electron chi connectivity index (χ4n) is 10.8. The third-order valence-electron chi connectivity index (χ3n) is 13.4. The van der Waals surface area contributed by atoms with E-state index in [1.165, 1.54) is 33.4 Å². The molecule has 2 heterocycles. The molecule has 1 aromatic heterocycles. The predicted octanol–water partition coefficient (Wildman–Crippen LogP) is 16.7. The zero-order valence-electron chi connectivity index (χ0n) is 35.4. The van der Waals surface area contributed by atoms with Crippen molar-refractivity contribution in [3.8, 4) is 11.1 Å². The lowest BCUT2D eigenvalue weighted by Crippen LogP contribution is -2.36. The molecule has 0 unspecified atom stereocenters. The molecule has 13 rings (SSSR count). The fraction of sp³-hybridized carbons (Fsp3) is 0.0164. The number of anilines is 9. The average Bonchev–Trinajstić information content (AvgIpc) is 3.89. The number of fused-ring (bicyclic) bond motifs is 12. The number of rotatable bonds is 7. The van der Waals surface area contributed by atoms with Gasteiger partial charge in [0.2, 0.25) is 0 Å². The summed E-state index contributed by atoms with van der Waals surface area (Å²) in [6.07, 6.45) is 0. The summed E-state index contributed by atoms with van der Waals surface area (Å²) in [6, 6.07) is 89.9. The van der Waals surface area contributed by atoms with Gasteiger partial charge in [-0.1, -0.05) is 146 Å². The molecule has 306 valence electrons. The second-order valence-electron chi connectivity index (χ2n) is 16.8. The van der Waals surface area contributed by atoms with Crippen molar-refractivity contribution in [2.24, 2.45) is 0 Å². The van der Waals surface area contributed by atoms with E-state index >= 15 is 0 Å². The van der Waals surface area contributed by atoms with Crippen LogP contribution in [0.4, 0.5) is 51.2 Å². The Morgan fingerprint density at radius 3 is 1.40 bits per heavy atom. The Kier molecular flexibility index (Phi) is 8.40. The van der Waals surface area contributed by atoms with E-state index in [1.54, 1.807) is 0 Å². The van der Waals surface area contributed by atoms with Gasteiger partial charge in [0.1, 0.15) is 11.2 Å². The zero-order chi connectivity index (χ0) is 42.9. The molecule has 0 fully saturated rings. The van der Waals surface area contributed by atoms with E-state index in [-0.39, 0.29) is 0 Å². The van der Waals surface area contributed by atoms with Gasteiger partial charge in [-0.25, -0.2) is 0 Å². The normalized spacial score (nSPS) is 13.0. The second-order valence-corrected chi connectivity index (χ2v) is 16.8. The maximum atomic E-state index is 7.03. The van der Waals surface area contributed by atoms with Crippen molar-refractivity contribution in [1.82, 2.24) is 0 Å². The number of nitrogens with zero attached hydrogens (tertiary/aromatic N) is 3. The third-order valence-corrected chi connectivity index (χ3v) is 13.4. The molecule has 0 saturated heterocycles. The molecule has 0 radical (unpaired) electrons. The van der Waals surface area contributed by atoms with Gasteiger partial charge in [0.15, 0.2) is 0 Å². The Bertz CT molecular complexity index is 3430. The predicted molar refractivity (Wildman–Crippen MR) is 269 cm³/mol. The molecule has 1 aliphatic carbocycles. The first-order chi connectivity index (χ1) is 32.3. The molecule has 0 saturated carbocycles. The van der Waals surface area contributed by atoms with Crippen LogP contribution in [0, 0.1) is 0 Å². The second kappa shape index (κ2) is 14.8. The number of hydrogen-bond donors (Lipinski definition) is 0. The highest BCUT2D eigenvalue weighted by Gasteiger charge is 2.52. The maximum Gasteiger partial charge on any atom is 0.137 e. The summed E-state index contributed by atoms with van der Waals surface area (Å²) in [6.45, 7) is 0. The summed E-state index contributed by atoms with van der Waals surface area (Å²) in [5.74, 6) is 0. The molecular weight excluding hydrogens is 791 g/mol. The van der Waals surface area contributed by atoms with Crippen LogP contribution in [-0.2, 0) is 5.41 Å². The lowest BCUT2D eigenvalue weighted by atomic mass is 9.64. The Hall–Kier alpha value is -8.60. The summed E-state index contributed by atoms with van der Waals surface area (Å²) in [4.78, 5) is 7.18. The van der Waals surface area contributed by atoms with Gasteiger partial charge in [-0.05, 0) is 130 Å². The summed E-state index contributed by atoms with van der Waals surface area (Å²) >= 11 is 0. The largest absolute Gasteiger partial charge is 0.456 e. The van der Waals surface area contributed by atoms with Gasteiger partial charge in [-0.3, -0.25) is 0 Å². The van der Waals surface area contributed by atoms with Crippen molar-refractivity contribution in [3.63, 3.8) is 0 Å². The summed E-state index contributed by atoms with van der Waals surface area (Å²) in [5, 5.41) is 2.13. The third kappa shape index (κ3) is 5.57. The van der Waals surface area contributed by atoms with Gasteiger partial charge in [0, 0.05) is 45.6 Å². The van der Waals surface area contributed by atoms with Crippen LogP contribution in [0.15, 0.2) is 253 Å². The van der Waals surface area contributed by atoms with Gasteiger partial charge < -0.3 is 19.1 Å². The molecule has 4 heteroatoms. The number of benzene rings is 10. The van der Waals surface area contributed by atoms with Crippen LogP contribution in [0.5, 0.6) is 0 Å². The number of furan rings is 1. The van der Waals surface area contributed by atoms with E-state index < -0.39 is 5.41 Å². The topological polar surface area (TPSA) is 22.9 Å². The van der Waals surface area contributed by atoms with Crippen LogP contribution in [0.3, 0.4) is 0 Å². The zero-order valence-corrected chi connectivity index (χ0v) is 35.4. The molecule has 0 atom stereocenters. The van der Waals surface area contributed by atoms with Crippen molar-refractivity contribution in [1.29, 1.82) is 0 Å². The molecule has 0 bridgehead atoms. The first-order valence-electron chi connectivity index (χ1n) is 22.3. The van der Waals surface area contributed by atoms with E-state index in [0.717, 1.165) is 73.1 Å². The highest BCUT2D eigenvalue weighted by Crippen LogP contribution is 2.65. The molecular formula is C61H41N3O. The standard InChI is InChI=1S/C61H41N3O/c1-6-21-42(22-7-1)62(43-23-8-2-9-24-43)47-37-38-55-53(39-47)61(51-33-18-16-31-48(51)49-32-17-19-34-52(49)61)54-40-50-59(41-57(54)64(55)46-29-14-5-15-30-46)65-58-36-20-35-56(60(50)58)63(44-25-10-3-11-26-44)45-27-12-4-13-28-45/h1-41H. The molecule has 65 heavy (non-hydrogen) atoms. The molecule has 1 spiro atoms. The summed E-state index contributed by atoms with van der Waals surface area (Å²) in [5.41, 5.74) is 18.2. The number of hydrogen-bond acceptors (Lipinski definition) is 4. The van der Waals surface area contributed by atoms with Crippen LogP contribution in [0.1, 0.15) is 22.3 Å². The molecule has 2 aliphatic rings. The van der Waals surface area contributed by atoms with Crippen LogP contribution in [0.25, 0.3) is 33.1 Å². The van der Waals surface area contributed by atoms with Gasteiger partial charge in [0.25, 0.3) is 0 Å². The van der Waals surface area contributed by atoms with Crippen LogP contribution >= 0.6 is 0 Å². The monoisotopic (exact) mass is 831 g/mol. The van der Waals surface area contributed by atoms with Gasteiger partial charge in [0.05, 0.1) is 27.9 Å². The lowest BCUT2D eigenvalue weighted by molar-refractivity contribution is 0.668. The van der Waals surface area contributed by atoms with Crippen molar-refractivity contribution in [2.45, 2.75) is 5.41 Å². The van der Waals surface area contributed by atoms with E-state index in [2.05, 4.69) is 263 Å². The molecule has 0 N–H and O–H groups in total. The van der Waals surface area contributed by atoms with Gasteiger partial charge in [-0.2, -0.15) is 0 Å². The first-order valence-corrected chi connectivity index (χ1v) is 22.3. The minimum absolute atomic E-state index is 0.705. The Balaban J connectivity index is 1.17. The van der Waals surface area contributed by atoms with E-state index in [1.807, 2.05) is 0 Å². The Labute approximate surface area is 378 Å². The highest BCUT2D eigenvalue weighted by atomic mass is 16.3. The van der Waals surface area contributed by atoms with E-state index in [0.29, 0.717) is 0 Å². The summed E-state index contributed by atoms with van der Waals surface area (Å²) < 4.78 is 7.03. The molecule has 0 amide bonds. The van der Waals surface area contributed by atoms with E-state index in [4.69, 9.17) is 4.42 Å². The molecule has 11 aromatic rings. The fourth-order valence-corrected chi connectivity index (χ4v) is 10.8. The van der Waals surface area contributed by atoms with Crippen LogP contribution in [0.2, 0.25) is 0 Å². The summed E-state index contributed by atoms with van der Waals surface area (Å²) in [7, 11) is 0. The van der Waals surface area contributed by atoms with Crippen molar-refractivity contribution >= 4 is 73.1 Å². The smallest absolute Gasteiger partial charge is 0.137 e.